The maximum Gasteiger partial charge on any atom is 0.261 e. The average molecular weight is 457 g/mol. The lowest BCUT2D eigenvalue weighted by atomic mass is 10.1. The molecule has 0 saturated carbocycles. The van der Waals surface area contributed by atoms with E-state index in [1.807, 2.05) is 12.1 Å². The maximum absolute atomic E-state index is 13.0. The zero-order valence-electron chi connectivity index (χ0n) is 16.6. The largest absolute Gasteiger partial charge is 0.368 e. The highest BCUT2D eigenvalue weighted by atomic mass is 35.5. The molecule has 2 aromatic carbocycles. The van der Waals surface area contributed by atoms with Gasteiger partial charge in [0.25, 0.3) is 15.9 Å². The summed E-state index contributed by atoms with van der Waals surface area (Å²) >= 11 is 6.06. The van der Waals surface area contributed by atoms with E-state index in [2.05, 4.69) is 14.6 Å². The van der Waals surface area contributed by atoms with Gasteiger partial charge in [0.15, 0.2) is 0 Å². The number of aromatic nitrogens is 1. The Kier molecular flexibility index (Phi) is 6.11. The smallest absolute Gasteiger partial charge is 0.261 e. The molecule has 0 radical (unpaired) electrons. The Morgan fingerprint density at radius 1 is 0.935 bits per heavy atom. The molecule has 31 heavy (non-hydrogen) atoms. The van der Waals surface area contributed by atoms with E-state index in [0.29, 0.717) is 36.8 Å². The van der Waals surface area contributed by atoms with E-state index in [4.69, 9.17) is 11.6 Å². The number of anilines is 2. The summed E-state index contributed by atoms with van der Waals surface area (Å²) in [6, 6.07) is 16.5. The number of pyridine rings is 1. The minimum atomic E-state index is -3.89. The zero-order chi connectivity index (χ0) is 21.8. The first-order valence-corrected chi connectivity index (χ1v) is 11.6. The van der Waals surface area contributed by atoms with Crippen LogP contribution in [0, 0.1) is 0 Å². The molecule has 0 bridgehead atoms. The van der Waals surface area contributed by atoms with Gasteiger partial charge in [-0.15, -0.1) is 0 Å². The number of carbonyl (C=O) groups excluding carboxylic acids is 1. The number of nitrogens with one attached hydrogen (secondary N) is 1. The van der Waals surface area contributed by atoms with Crippen molar-refractivity contribution in [2.24, 2.45) is 0 Å². The molecule has 0 spiro atoms. The minimum Gasteiger partial charge on any atom is -0.368 e. The Labute approximate surface area is 186 Å². The molecule has 1 aliphatic rings. The number of amides is 1. The molecule has 0 unspecified atom stereocenters. The quantitative estimate of drug-likeness (QED) is 0.635. The SMILES string of the molecule is O=C(c1cccc(S(=O)(=O)Nc2ccccc2Cl)c1)N1CCN(c2ccncc2)CC1. The molecule has 7 nitrogen and oxygen atoms in total. The molecule has 4 rings (SSSR count). The molecule has 160 valence electrons. The van der Waals surface area contributed by atoms with Gasteiger partial charge in [-0.3, -0.25) is 14.5 Å². The molecular formula is C22H21ClN4O3S. The Balaban J connectivity index is 1.47. The van der Waals surface area contributed by atoms with Crippen molar-refractivity contribution in [1.29, 1.82) is 0 Å². The number of hydrogen-bond donors (Lipinski definition) is 1. The summed E-state index contributed by atoms with van der Waals surface area (Å²) < 4.78 is 28.1. The van der Waals surface area contributed by atoms with E-state index < -0.39 is 10.0 Å². The molecule has 1 aromatic heterocycles. The van der Waals surface area contributed by atoms with Gasteiger partial charge in [0, 0.05) is 49.8 Å². The summed E-state index contributed by atoms with van der Waals surface area (Å²) in [6.45, 7) is 2.50. The number of nitrogens with zero attached hydrogens (tertiary/aromatic N) is 3. The standard InChI is InChI=1S/C22H21ClN4O3S/c23-20-6-1-2-7-21(20)25-31(29,30)19-5-3-4-17(16-19)22(28)27-14-12-26(13-15-27)18-8-10-24-11-9-18/h1-11,16,25H,12-15H2. The number of hydrogen-bond acceptors (Lipinski definition) is 5. The first-order chi connectivity index (χ1) is 14.9. The van der Waals surface area contributed by atoms with Gasteiger partial charge >= 0.3 is 0 Å². The molecule has 9 heteroatoms. The van der Waals surface area contributed by atoms with Gasteiger partial charge in [0.05, 0.1) is 15.6 Å². The van der Waals surface area contributed by atoms with Crippen molar-refractivity contribution >= 4 is 38.9 Å². The monoisotopic (exact) mass is 456 g/mol. The number of sulfonamides is 1. The molecule has 1 saturated heterocycles. The van der Waals surface area contributed by atoms with E-state index >= 15 is 0 Å². The number of benzene rings is 2. The molecule has 1 amide bonds. The molecule has 1 fully saturated rings. The minimum absolute atomic E-state index is 0.00805. The average Bonchev–Trinajstić information content (AvgIpc) is 2.81. The highest BCUT2D eigenvalue weighted by Crippen LogP contribution is 2.24. The lowest BCUT2D eigenvalue weighted by molar-refractivity contribution is 0.0746. The van der Waals surface area contributed by atoms with Gasteiger partial charge in [0.2, 0.25) is 0 Å². The van der Waals surface area contributed by atoms with Crippen LogP contribution >= 0.6 is 11.6 Å². The highest BCUT2D eigenvalue weighted by Gasteiger charge is 2.24. The van der Waals surface area contributed by atoms with Gasteiger partial charge in [-0.1, -0.05) is 29.8 Å². The fraction of sp³-hybridized carbons (Fsp3) is 0.182. The van der Waals surface area contributed by atoms with E-state index in [1.54, 1.807) is 53.7 Å². The zero-order valence-corrected chi connectivity index (χ0v) is 18.2. The van der Waals surface area contributed by atoms with Crippen molar-refractivity contribution in [1.82, 2.24) is 9.88 Å². The molecule has 2 heterocycles. The van der Waals surface area contributed by atoms with Crippen LogP contribution in [0.1, 0.15) is 10.4 Å². The van der Waals surface area contributed by atoms with Gasteiger partial charge < -0.3 is 9.80 Å². The Morgan fingerprint density at radius 3 is 2.35 bits per heavy atom. The van der Waals surface area contributed by atoms with Crippen LogP contribution in [0.3, 0.4) is 0 Å². The summed E-state index contributed by atoms with van der Waals surface area (Å²) in [7, 11) is -3.89. The van der Waals surface area contributed by atoms with Crippen LogP contribution in [0.4, 0.5) is 11.4 Å². The van der Waals surface area contributed by atoms with Crippen molar-refractivity contribution in [3.63, 3.8) is 0 Å². The second kappa shape index (κ2) is 8.95. The number of piperazine rings is 1. The number of carbonyl (C=O) groups is 1. The fourth-order valence-electron chi connectivity index (χ4n) is 3.45. The molecule has 0 aliphatic carbocycles. The molecular weight excluding hydrogens is 436 g/mol. The van der Waals surface area contributed by atoms with Crippen LogP contribution in [0.15, 0.2) is 78.0 Å². The number of halogens is 1. The fourth-order valence-corrected chi connectivity index (χ4v) is 4.81. The highest BCUT2D eigenvalue weighted by molar-refractivity contribution is 7.92. The summed E-state index contributed by atoms with van der Waals surface area (Å²) in [5, 5.41) is 0.297. The van der Waals surface area contributed by atoms with Crippen LogP contribution < -0.4 is 9.62 Å². The third-order valence-electron chi connectivity index (χ3n) is 5.10. The predicted octanol–water partition coefficient (Wildman–Crippen LogP) is 3.50. The Hall–Kier alpha value is -3.10. The van der Waals surface area contributed by atoms with Crippen LogP contribution in [0.25, 0.3) is 0 Å². The first-order valence-electron chi connectivity index (χ1n) is 9.76. The number of rotatable bonds is 5. The lowest BCUT2D eigenvalue weighted by Crippen LogP contribution is -2.48. The van der Waals surface area contributed by atoms with E-state index in [-0.39, 0.29) is 16.5 Å². The normalized spacial score (nSPS) is 14.4. The molecule has 3 aromatic rings. The summed E-state index contributed by atoms with van der Waals surface area (Å²) in [6.07, 6.45) is 3.49. The third kappa shape index (κ3) is 4.81. The summed E-state index contributed by atoms with van der Waals surface area (Å²) in [5.41, 5.74) is 1.69. The third-order valence-corrected chi connectivity index (χ3v) is 6.80. The van der Waals surface area contributed by atoms with Crippen molar-refractivity contribution in [3.8, 4) is 0 Å². The van der Waals surface area contributed by atoms with Gasteiger partial charge in [0.1, 0.15) is 0 Å². The Bertz CT molecular complexity index is 1180. The van der Waals surface area contributed by atoms with E-state index in [1.165, 1.54) is 12.1 Å². The van der Waals surface area contributed by atoms with E-state index in [0.717, 1.165) is 5.69 Å². The van der Waals surface area contributed by atoms with Crippen LogP contribution in [0.2, 0.25) is 5.02 Å². The molecule has 0 atom stereocenters. The maximum atomic E-state index is 13.0. The number of para-hydroxylation sites is 1. The van der Waals surface area contributed by atoms with Crippen LogP contribution in [-0.4, -0.2) is 50.4 Å². The summed E-state index contributed by atoms with van der Waals surface area (Å²) in [4.78, 5) is 21.0. The van der Waals surface area contributed by atoms with Gasteiger partial charge in [-0.2, -0.15) is 0 Å². The topological polar surface area (TPSA) is 82.6 Å². The van der Waals surface area contributed by atoms with Gasteiger partial charge in [-0.25, -0.2) is 8.42 Å². The summed E-state index contributed by atoms with van der Waals surface area (Å²) in [5.74, 6) is -0.191. The molecule has 1 N–H and O–H groups in total. The van der Waals surface area contributed by atoms with Crippen molar-refractivity contribution in [2.45, 2.75) is 4.90 Å². The first kappa shape index (κ1) is 21.1. The van der Waals surface area contributed by atoms with Gasteiger partial charge in [-0.05, 0) is 42.5 Å². The lowest BCUT2D eigenvalue weighted by Gasteiger charge is -2.36. The second-order valence-electron chi connectivity index (χ2n) is 7.10. The molecule has 1 aliphatic heterocycles. The van der Waals surface area contributed by atoms with Crippen LogP contribution in [0.5, 0.6) is 0 Å². The van der Waals surface area contributed by atoms with E-state index in [9.17, 15) is 13.2 Å². The predicted molar refractivity (Wildman–Crippen MR) is 121 cm³/mol. The van der Waals surface area contributed by atoms with Crippen molar-refractivity contribution in [2.75, 3.05) is 35.8 Å². The van der Waals surface area contributed by atoms with Crippen LogP contribution in [-0.2, 0) is 10.0 Å². The van der Waals surface area contributed by atoms with Crippen molar-refractivity contribution in [3.05, 3.63) is 83.6 Å². The second-order valence-corrected chi connectivity index (χ2v) is 9.19. The van der Waals surface area contributed by atoms with Crippen molar-refractivity contribution < 1.29 is 13.2 Å². The Morgan fingerprint density at radius 2 is 1.65 bits per heavy atom.